The van der Waals surface area contributed by atoms with Crippen LogP contribution in [0.3, 0.4) is 0 Å². The van der Waals surface area contributed by atoms with Crippen LogP contribution < -0.4 is 5.32 Å². The van der Waals surface area contributed by atoms with Gasteiger partial charge < -0.3 is 5.32 Å². The highest BCUT2D eigenvalue weighted by Crippen LogP contribution is 2.21. The number of hydrogen-bond acceptors (Lipinski definition) is 2. The molecule has 0 atom stereocenters. The maximum Gasteiger partial charge on any atom is 0.133 e. The lowest BCUT2D eigenvalue weighted by Gasteiger charge is -2.09. The van der Waals surface area contributed by atoms with Gasteiger partial charge in [-0.2, -0.15) is 0 Å². The van der Waals surface area contributed by atoms with Crippen molar-refractivity contribution in [1.82, 2.24) is 4.98 Å². The second-order valence-electron chi connectivity index (χ2n) is 4.08. The highest BCUT2D eigenvalue weighted by molar-refractivity contribution is 9.10. The molecule has 1 aromatic carbocycles. The molecular formula is C14H14BrClN2. The lowest BCUT2D eigenvalue weighted by atomic mass is 10.1. The summed E-state index contributed by atoms with van der Waals surface area (Å²) >= 11 is 9.12. The fourth-order valence-corrected chi connectivity index (χ4v) is 2.34. The van der Waals surface area contributed by atoms with Gasteiger partial charge in [-0.25, -0.2) is 4.98 Å². The molecule has 0 saturated heterocycles. The molecule has 94 valence electrons. The van der Waals surface area contributed by atoms with E-state index in [2.05, 4.69) is 38.4 Å². The van der Waals surface area contributed by atoms with Gasteiger partial charge in [-0.15, -0.1) is 11.6 Å². The van der Waals surface area contributed by atoms with E-state index in [-0.39, 0.29) is 0 Å². The molecule has 0 amide bonds. The average Bonchev–Trinajstić information content (AvgIpc) is 2.35. The van der Waals surface area contributed by atoms with Gasteiger partial charge in [0.05, 0.1) is 0 Å². The molecule has 0 spiro atoms. The van der Waals surface area contributed by atoms with Crippen LogP contribution in [0.15, 0.2) is 41.0 Å². The van der Waals surface area contributed by atoms with Gasteiger partial charge in [-0.3, -0.25) is 0 Å². The first-order valence-corrected chi connectivity index (χ1v) is 7.06. The van der Waals surface area contributed by atoms with E-state index in [1.165, 1.54) is 5.56 Å². The van der Waals surface area contributed by atoms with Crippen LogP contribution in [-0.2, 0) is 6.42 Å². The number of aromatic nitrogens is 1. The highest BCUT2D eigenvalue weighted by atomic mass is 79.9. The van der Waals surface area contributed by atoms with E-state index < -0.39 is 0 Å². The van der Waals surface area contributed by atoms with Gasteiger partial charge >= 0.3 is 0 Å². The molecule has 0 aliphatic rings. The fraction of sp³-hybridized carbons (Fsp3) is 0.214. The van der Waals surface area contributed by atoms with Crippen LogP contribution in [0.5, 0.6) is 0 Å². The van der Waals surface area contributed by atoms with Gasteiger partial charge in [0.2, 0.25) is 0 Å². The lowest BCUT2D eigenvalue weighted by Crippen LogP contribution is -1.96. The van der Waals surface area contributed by atoms with Gasteiger partial charge in [0.1, 0.15) is 5.82 Å². The SMILES string of the molecule is Cc1cc(Br)cnc1Nc1ccc(CCCl)cc1. The minimum Gasteiger partial charge on any atom is -0.340 e. The highest BCUT2D eigenvalue weighted by Gasteiger charge is 2.01. The largest absolute Gasteiger partial charge is 0.340 e. The molecule has 0 aliphatic carbocycles. The van der Waals surface area contributed by atoms with Gasteiger partial charge in [0.25, 0.3) is 0 Å². The van der Waals surface area contributed by atoms with Crippen molar-refractivity contribution in [1.29, 1.82) is 0 Å². The number of hydrogen-bond donors (Lipinski definition) is 1. The summed E-state index contributed by atoms with van der Waals surface area (Å²) in [5.74, 6) is 1.53. The number of nitrogens with one attached hydrogen (secondary N) is 1. The van der Waals surface area contributed by atoms with E-state index in [9.17, 15) is 0 Å². The summed E-state index contributed by atoms with van der Waals surface area (Å²) in [6.45, 7) is 2.03. The smallest absolute Gasteiger partial charge is 0.133 e. The topological polar surface area (TPSA) is 24.9 Å². The lowest BCUT2D eigenvalue weighted by molar-refractivity contribution is 1.15. The molecule has 0 saturated carbocycles. The number of nitrogens with zero attached hydrogens (tertiary/aromatic N) is 1. The number of pyridine rings is 1. The second-order valence-corrected chi connectivity index (χ2v) is 5.37. The quantitative estimate of drug-likeness (QED) is 0.826. The van der Waals surface area contributed by atoms with Crippen molar-refractivity contribution < 1.29 is 0 Å². The van der Waals surface area contributed by atoms with Crippen LogP contribution in [0.25, 0.3) is 0 Å². The monoisotopic (exact) mass is 324 g/mol. The molecule has 0 radical (unpaired) electrons. The van der Waals surface area contributed by atoms with Crippen LogP contribution in [0.4, 0.5) is 11.5 Å². The molecule has 4 heteroatoms. The van der Waals surface area contributed by atoms with Gasteiger partial charge in [-0.05, 0) is 58.6 Å². The molecular weight excluding hydrogens is 312 g/mol. The minimum absolute atomic E-state index is 0.653. The maximum atomic E-state index is 5.71. The van der Waals surface area contributed by atoms with Gasteiger partial charge in [0, 0.05) is 22.2 Å². The summed E-state index contributed by atoms with van der Waals surface area (Å²) in [4.78, 5) is 4.35. The molecule has 0 bridgehead atoms. The zero-order valence-electron chi connectivity index (χ0n) is 10.1. The van der Waals surface area contributed by atoms with Crippen LogP contribution in [0, 0.1) is 6.92 Å². The van der Waals surface area contributed by atoms with E-state index >= 15 is 0 Å². The summed E-state index contributed by atoms with van der Waals surface area (Å²) in [5, 5.41) is 3.30. The molecule has 1 heterocycles. The summed E-state index contributed by atoms with van der Waals surface area (Å²) in [7, 11) is 0. The number of aryl methyl sites for hydroxylation is 2. The van der Waals surface area contributed by atoms with Gasteiger partial charge in [-0.1, -0.05) is 12.1 Å². The Balaban J connectivity index is 2.13. The average molecular weight is 326 g/mol. The molecule has 0 fully saturated rings. The first kappa shape index (κ1) is 13.4. The zero-order chi connectivity index (χ0) is 13.0. The Kier molecular flexibility index (Phi) is 4.61. The van der Waals surface area contributed by atoms with Crippen LogP contribution in [0.1, 0.15) is 11.1 Å². The normalized spacial score (nSPS) is 10.4. The van der Waals surface area contributed by atoms with Crippen LogP contribution in [-0.4, -0.2) is 10.9 Å². The zero-order valence-corrected chi connectivity index (χ0v) is 12.4. The standard InChI is InChI=1S/C14H14BrClN2/c1-10-8-12(15)9-17-14(10)18-13-4-2-11(3-5-13)6-7-16/h2-5,8-9H,6-7H2,1H3,(H,17,18). The van der Waals surface area contributed by atoms with E-state index in [4.69, 9.17) is 11.6 Å². The fourth-order valence-electron chi connectivity index (χ4n) is 1.67. The third-order valence-electron chi connectivity index (χ3n) is 2.64. The number of alkyl halides is 1. The molecule has 18 heavy (non-hydrogen) atoms. The van der Waals surface area contributed by atoms with Crippen LogP contribution in [0.2, 0.25) is 0 Å². The van der Waals surface area contributed by atoms with Crippen molar-refractivity contribution in [3.05, 3.63) is 52.1 Å². The van der Waals surface area contributed by atoms with Crippen molar-refractivity contribution in [2.24, 2.45) is 0 Å². The van der Waals surface area contributed by atoms with Crippen molar-refractivity contribution in [3.63, 3.8) is 0 Å². The number of benzene rings is 1. The number of rotatable bonds is 4. The first-order valence-electron chi connectivity index (χ1n) is 5.73. The molecule has 0 aliphatic heterocycles. The predicted molar refractivity (Wildman–Crippen MR) is 80.8 cm³/mol. The third kappa shape index (κ3) is 3.47. The van der Waals surface area contributed by atoms with E-state index in [1.54, 1.807) is 6.20 Å². The molecule has 0 unspecified atom stereocenters. The first-order chi connectivity index (χ1) is 8.69. The van der Waals surface area contributed by atoms with Crippen molar-refractivity contribution >= 4 is 39.0 Å². The van der Waals surface area contributed by atoms with Crippen molar-refractivity contribution in [2.45, 2.75) is 13.3 Å². The summed E-state index contributed by atoms with van der Waals surface area (Å²) < 4.78 is 0.989. The van der Waals surface area contributed by atoms with E-state index in [0.29, 0.717) is 5.88 Å². The second kappa shape index (κ2) is 6.21. The Hall–Kier alpha value is -1.06. The molecule has 2 nitrogen and oxygen atoms in total. The van der Waals surface area contributed by atoms with E-state index in [1.807, 2.05) is 25.1 Å². The molecule has 2 rings (SSSR count). The Labute approximate surface area is 121 Å². The minimum atomic E-state index is 0.653. The summed E-state index contributed by atoms with van der Waals surface area (Å²) in [5.41, 5.74) is 3.39. The van der Waals surface area contributed by atoms with Gasteiger partial charge in [0.15, 0.2) is 0 Å². The Morgan fingerprint density at radius 3 is 2.61 bits per heavy atom. The molecule has 2 aromatic rings. The summed E-state index contributed by atoms with van der Waals surface area (Å²) in [6, 6.07) is 10.3. The Morgan fingerprint density at radius 2 is 2.00 bits per heavy atom. The third-order valence-corrected chi connectivity index (χ3v) is 3.27. The Bertz CT molecular complexity index is 526. The van der Waals surface area contributed by atoms with Crippen molar-refractivity contribution in [2.75, 3.05) is 11.2 Å². The van der Waals surface area contributed by atoms with Crippen LogP contribution >= 0.6 is 27.5 Å². The van der Waals surface area contributed by atoms with Crippen molar-refractivity contribution in [3.8, 4) is 0 Å². The summed E-state index contributed by atoms with van der Waals surface area (Å²) in [6.07, 6.45) is 2.69. The number of anilines is 2. The van der Waals surface area contributed by atoms with E-state index in [0.717, 1.165) is 28.0 Å². The maximum absolute atomic E-state index is 5.71. The predicted octanol–water partition coefficient (Wildman–Crippen LogP) is 4.68. The molecule has 1 N–H and O–H groups in total. The Morgan fingerprint density at radius 1 is 1.28 bits per heavy atom. The molecule has 1 aromatic heterocycles. The number of halogens is 2.